The molecule has 0 heterocycles. The molecule has 0 aliphatic carbocycles. The third-order valence-electron chi connectivity index (χ3n) is 1.27. The van der Waals surface area contributed by atoms with Crippen LogP contribution in [0.5, 0.6) is 0 Å². The lowest BCUT2D eigenvalue weighted by atomic mass is 10.7. The molecule has 0 unspecified atom stereocenters. The van der Waals surface area contributed by atoms with Gasteiger partial charge in [0.15, 0.2) is 0 Å². The van der Waals surface area contributed by atoms with Gasteiger partial charge in [0.25, 0.3) is 4.20 Å². The summed E-state index contributed by atoms with van der Waals surface area (Å²) in [7, 11) is -3.78. The Morgan fingerprint density at radius 3 is 2.00 bits per heavy atom. The van der Waals surface area contributed by atoms with E-state index in [4.69, 9.17) is 32.2 Å². The number of nitrogens with one attached hydrogen (secondary N) is 1. The first-order valence-electron chi connectivity index (χ1n) is 4.34. The van der Waals surface area contributed by atoms with Crippen molar-refractivity contribution in [1.29, 1.82) is 0 Å². The molecule has 0 aromatic rings. The number of rotatable bonds is 6. The fraction of sp³-hybridized carbons (Fsp3) is 0.857. The Balaban J connectivity index is 4.87. The first-order valence-corrected chi connectivity index (χ1v) is 6.64. The number of halogens is 2. The Morgan fingerprint density at radius 2 is 1.73 bits per heavy atom. The molecule has 0 fully saturated rings. The number of hydrogen-bond donors (Lipinski definition) is 1. The van der Waals surface area contributed by atoms with E-state index in [0.717, 1.165) is 0 Å². The average Bonchev–Trinajstić information content (AvgIpc) is 2.02. The summed E-state index contributed by atoms with van der Waals surface area (Å²) in [5, 5.41) is 2.11. The normalized spacial score (nSPS) is 12.6. The maximum atomic E-state index is 12.0. The highest BCUT2D eigenvalue weighted by atomic mass is 35.5. The number of carbonyl (C=O) groups excluding carboxylic acids is 1. The monoisotopic (exact) mass is 277 g/mol. The lowest BCUT2D eigenvalue weighted by Gasteiger charge is -2.28. The van der Waals surface area contributed by atoms with Crippen LogP contribution in [0.3, 0.4) is 0 Å². The Morgan fingerprint density at radius 1 is 1.33 bits per heavy atom. The summed E-state index contributed by atoms with van der Waals surface area (Å²) < 4.78 is 19.8. The van der Waals surface area contributed by atoms with E-state index < -0.39 is 17.7 Å². The Bertz CT molecular complexity index is 262. The summed E-state index contributed by atoms with van der Waals surface area (Å²) in [6.07, 6.45) is 0. The number of amides is 1. The van der Waals surface area contributed by atoms with Crippen LogP contribution in [-0.4, -0.2) is 23.3 Å². The van der Waals surface area contributed by atoms with Crippen molar-refractivity contribution < 1.29 is 18.4 Å². The van der Waals surface area contributed by atoms with Gasteiger partial charge in [0.2, 0.25) is 5.91 Å². The number of alkyl halides is 2. The fourth-order valence-corrected chi connectivity index (χ4v) is 3.04. The molecular formula is C7H14Cl2NO4P. The molecule has 0 saturated heterocycles. The standard InChI is InChI=1S/C7H14Cl2NO4P/c1-4-13-15(12,14-5-2)7(8,9)10-6(3)11/h4-5H2,1-3H3,(H,10,11). The molecule has 90 valence electrons. The van der Waals surface area contributed by atoms with Gasteiger partial charge >= 0.3 is 7.60 Å². The molecule has 15 heavy (non-hydrogen) atoms. The van der Waals surface area contributed by atoms with Crippen LogP contribution in [0.25, 0.3) is 0 Å². The lowest BCUT2D eigenvalue weighted by molar-refractivity contribution is -0.119. The summed E-state index contributed by atoms with van der Waals surface area (Å²) in [5.41, 5.74) is 0. The SMILES string of the molecule is CCOP(=O)(OCC)C(Cl)(Cl)NC(C)=O. The van der Waals surface area contributed by atoms with Crippen molar-refractivity contribution in [2.24, 2.45) is 0 Å². The van der Waals surface area contributed by atoms with Gasteiger partial charge in [-0.25, -0.2) is 0 Å². The van der Waals surface area contributed by atoms with Crippen LogP contribution in [0.1, 0.15) is 20.8 Å². The van der Waals surface area contributed by atoms with Crippen LogP contribution in [-0.2, 0) is 18.4 Å². The van der Waals surface area contributed by atoms with Crippen molar-refractivity contribution in [3.8, 4) is 0 Å². The molecule has 0 spiro atoms. The van der Waals surface area contributed by atoms with Gasteiger partial charge in [0.1, 0.15) is 0 Å². The molecule has 0 aliphatic heterocycles. The van der Waals surface area contributed by atoms with E-state index >= 15 is 0 Å². The predicted octanol–water partition coefficient (Wildman–Crippen LogP) is 2.48. The lowest BCUT2D eigenvalue weighted by Crippen LogP contribution is -2.38. The summed E-state index contributed by atoms with van der Waals surface area (Å²) in [4.78, 5) is 10.8. The van der Waals surface area contributed by atoms with Crippen molar-refractivity contribution in [1.82, 2.24) is 5.32 Å². The largest absolute Gasteiger partial charge is 0.387 e. The maximum Gasteiger partial charge on any atom is 0.387 e. The minimum Gasteiger partial charge on any atom is -0.315 e. The minimum absolute atomic E-state index is 0.109. The fourth-order valence-electron chi connectivity index (χ4n) is 0.820. The van der Waals surface area contributed by atoms with Crippen LogP contribution in [0, 0.1) is 0 Å². The van der Waals surface area contributed by atoms with Gasteiger partial charge in [-0.3, -0.25) is 9.36 Å². The van der Waals surface area contributed by atoms with Crippen molar-refractivity contribution in [2.45, 2.75) is 25.0 Å². The molecule has 8 heteroatoms. The molecule has 0 atom stereocenters. The second-order valence-electron chi connectivity index (χ2n) is 2.56. The van der Waals surface area contributed by atoms with E-state index in [1.807, 2.05) is 0 Å². The van der Waals surface area contributed by atoms with E-state index in [1.165, 1.54) is 6.92 Å². The molecule has 0 aromatic heterocycles. The maximum absolute atomic E-state index is 12.0. The highest BCUT2D eigenvalue weighted by molar-refractivity contribution is 7.60. The van der Waals surface area contributed by atoms with Crippen molar-refractivity contribution >= 4 is 36.7 Å². The summed E-state index contributed by atoms with van der Waals surface area (Å²) >= 11 is 11.4. The molecule has 0 rings (SSSR count). The predicted molar refractivity (Wildman–Crippen MR) is 59.1 cm³/mol. The van der Waals surface area contributed by atoms with Crippen LogP contribution in [0.15, 0.2) is 0 Å². The molecule has 0 bridgehead atoms. The number of carbonyl (C=O) groups is 1. The molecule has 1 N–H and O–H groups in total. The van der Waals surface area contributed by atoms with E-state index in [2.05, 4.69) is 5.32 Å². The average molecular weight is 278 g/mol. The van der Waals surface area contributed by atoms with Gasteiger partial charge in [0, 0.05) is 6.92 Å². The Kier molecular flexibility index (Phi) is 6.14. The zero-order valence-electron chi connectivity index (χ0n) is 8.75. The summed E-state index contributed by atoms with van der Waals surface area (Å²) in [6.45, 7) is 4.64. The van der Waals surface area contributed by atoms with Crippen LogP contribution in [0.4, 0.5) is 0 Å². The molecule has 0 saturated carbocycles. The highest BCUT2D eigenvalue weighted by Crippen LogP contribution is 2.62. The highest BCUT2D eigenvalue weighted by Gasteiger charge is 2.49. The third-order valence-corrected chi connectivity index (χ3v) is 4.70. The quantitative estimate of drug-likeness (QED) is 0.460. The zero-order valence-corrected chi connectivity index (χ0v) is 11.2. The van der Waals surface area contributed by atoms with Crippen LogP contribution in [0.2, 0.25) is 0 Å². The van der Waals surface area contributed by atoms with Gasteiger partial charge in [-0.2, -0.15) is 0 Å². The summed E-state index contributed by atoms with van der Waals surface area (Å²) in [5.74, 6) is -0.528. The van der Waals surface area contributed by atoms with Crippen molar-refractivity contribution in [2.75, 3.05) is 13.2 Å². The smallest absolute Gasteiger partial charge is 0.315 e. The van der Waals surface area contributed by atoms with E-state index in [1.54, 1.807) is 13.8 Å². The van der Waals surface area contributed by atoms with Gasteiger partial charge in [-0.15, -0.1) is 0 Å². The second kappa shape index (κ2) is 6.06. The number of hydrogen-bond acceptors (Lipinski definition) is 4. The Hall–Kier alpha value is 0.200. The van der Waals surface area contributed by atoms with E-state index in [-0.39, 0.29) is 13.2 Å². The van der Waals surface area contributed by atoms with Crippen LogP contribution < -0.4 is 5.32 Å². The first-order chi connectivity index (χ1) is 6.79. The van der Waals surface area contributed by atoms with Crippen molar-refractivity contribution in [3.63, 3.8) is 0 Å². The molecule has 0 radical (unpaired) electrons. The summed E-state index contributed by atoms with van der Waals surface area (Å²) in [6, 6.07) is 0. The van der Waals surface area contributed by atoms with Gasteiger partial charge < -0.3 is 14.4 Å². The molecule has 5 nitrogen and oxygen atoms in total. The first kappa shape index (κ1) is 15.2. The van der Waals surface area contributed by atoms with E-state index in [9.17, 15) is 9.36 Å². The van der Waals surface area contributed by atoms with Crippen LogP contribution >= 0.6 is 30.8 Å². The zero-order chi connectivity index (χ0) is 12.1. The molecule has 0 aromatic carbocycles. The van der Waals surface area contributed by atoms with Crippen molar-refractivity contribution in [3.05, 3.63) is 0 Å². The van der Waals surface area contributed by atoms with E-state index in [0.29, 0.717) is 0 Å². The Labute approximate surface area is 98.9 Å². The van der Waals surface area contributed by atoms with Gasteiger partial charge in [-0.05, 0) is 13.8 Å². The minimum atomic E-state index is -3.78. The topological polar surface area (TPSA) is 64.6 Å². The third kappa shape index (κ3) is 4.29. The van der Waals surface area contributed by atoms with Gasteiger partial charge in [0.05, 0.1) is 13.2 Å². The second-order valence-corrected chi connectivity index (χ2v) is 6.59. The molecule has 1 amide bonds. The van der Waals surface area contributed by atoms with Gasteiger partial charge in [-0.1, -0.05) is 23.2 Å². The molecular weight excluding hydrogens is 264 g/mol. The molecule has 0 aliphatic rings.